The van der Waals surface area contributed by atoms with Crippen LogP contribution in [-0.2, 0) is 11.2 Å². The van der Waals surface area contributed by atoms with Gasteiger partial charge in [-0.15, -0.1) is 0 Å². The lowest BCUT2D eigenvalue weighted by atomic mass is 9.87. The molecule has 2 rings (SSSR count). The lowest BCUT2D eigenvalue weighted by molar-refractivity contribution is -0.130. The molecule has 31 heavy (non-hydrogen) atoms. The van der Waals surface area contributed by atoms with Crippen LogP contribution >= 0.6 is 0 Å². The predicted octanol–water partition coefficient (Wildman–Crippen LogP) is 6.13. The highest BCUT2D eigenvalue weighted by molar-refractivity contribution is 6.04. The fraction of sp³-hybridized carbons (Fsp3) is 0.615. The minimum Gasteiger partial charge on any atom is -0.497 e. The molecule has 0 unspecified atom stereocenters. The Balaban J connectivity index is 2.45. The van der Waals surface area contributed by atoms with Gasteiger partial charge < -0.3 is 14.1 Å². The highest BCUT2D eigenvalue weighted by atomic mass is 16.5. The molecule has 0 fully saturated rings. The third-order valence-corrected chi connectivity index (χ3v) is 5.52. The topological polar surface area (TPSA) is 59.8 Å². The summed E-state index contributed by atoms with van der Waals surface area (Å²) >= 11 is 0. The number of ether oxygens (including phenoxy) is 1. The van der Waals surface area contributed by atoms with Gasteiger partial charge in [-0.2, -0.15) is 0 Å². The molecule has 0 bridgehead atoms. The largest absolute Gasteiger partial charge is 0.497 e. The van der Waals surface area contributed by atoms with Crippen molar-refractivity contribution in [1.82, 2.24) is 4.90 Å². The van der Waals surface area contributed by atoms with Gasteiger partial charge in [-0.05, 0) is 42.9 Å². The second kappa shape index (κ2) is 10.3. The van der Waals surface area contributed by atoms with Crippen LogP contribution in [0.15, 0.2) is 22.6 Å². The molecule has 172 valence electrons. The number of amides is 1. The van der Waals surface area contributed by atoms with E-state index >= 15 is 0 Å². The van der Waals surface area contributed by atoms with Crippen molar-refractivity contribution in [1.29, 1.82) is 0 Å². The number of rotatable bonds is 10. The number of Topliss-reactive ketones (excluding diaryl/α,β-unsaturated/α-hetero) is 1. The number of ketones is 1. The molecule has 2 aromatic rings. The van der Waals surface area contributed by atoms with E-state index in [0.717, 1.165) is 31.3 Å². The molecule has 1 aromatic carbocycles. The number of benzene rings is 1. The van der Waals surface area contributed by atoms with Crippen LogP contribution in [0.1, 0.15) is 77.4 Å². The highest BCUT2D eigenvalue weighted by Gasteiger charge is 2.31. The molecule has 0 atom stereocenters. The normalized spacial score (nSPS) is 12.1. The lowest BCUT2D eigenvalue weighted by Gasteiger charge is -2.25. The fourth-order valence-corrected chi connectivity index (χ4v) is 3.41. The number of hydrogen-bond donors (Lipinski definition) is 0. The quantitative estimate of drug-likeness (QED) is 0.426. The maximum absolute atomic E-state index is 13.4. The summed E-state index contributed by atoms with van der Waals surface area (Å²) < 4.78 is 11.4. The van der Waals surface area contributed by atoms with Crippen molar-refractivity contribution >= 4 is 22.7 Å². The summed E-state index contributed by atoms with van der Waals surface area (Å²) in [5.74, 6) is 1.94. The molecule has 5 heteroatoms. The van der Waals surface area contributed by atoms with Gasteiger partial charge in [0.25, 0.3) is 0 Å². The van der Waals surface area contributed by atoms with Crippen LogP contribution < -0.4 is 4.74 Å². The first-order valence-corrected chi connectivity index (χ1v) is 11.4. The summed E-state index contributed by atoms with van der Waals surface area (Å²) in [4.78, 5) is 28.5. The summed E-state index contributed by atoms with van der Waals surface area (Å²) in [6, 6.07) is 5.46. The molecule has 0 aliphatic rings. The molecule has 0 aliphatic carbocycles. The van der Waals surface area contributed by atoms with Crippen molar-refractivity contribution in [3.63, 3.8) is 0 Å². The minimum atomic E-state index is -0.606. The average Bonchev–Trinajstić information content (AvgIpc) is 3.03. The van der Waals surface area contributed by atoms with Gasteiger partial charge in [0.2, 0.25) is 11.7 Å². The van der Waals surface area contributed by atoms with Gasteiger partial charge >= 0.3 is 0 Å². The Hall–Kier alpha value is -2.30. The van der Waals surface area contributed by atoms with Crippen molar-refractivity contribution in [3.05, 3.63) is 29.5 Å². The minimum absolute atomic E-state index is 0.0368. The standard InChI is InChI=1S/C26H39NO4/c1-17(2)11-13-27(14-12-18(3)4)23(28)16-21-20-15-19(30-8)9-10-22(20)31-24(21)25(29)26(5,6)7/h9-10,15,17-18H,11-14,16H2,1-8H3. The van der Waals surface area contributed by atoms with E-state index in [1.807, 2.05) is 31.7 Å². The Morgan fingerprint density at radius 3 is 2.10 bits per heavy atom. The zero-order valence-electron chi connectivity index (χ0n) is 20.5. The van der Waals surface area contributed by atoms with Crippen molar-refractivity contribution in [2.75, 3.05) is 20.2 Å². The molecule has 0 aliphatic heterocycles. The van der Waals surface area contributed by atoms with E-state index in [9.17, 15) is 9.59 Å². The molecule has 1 aromatic heterocycles. The Kier molecular flexibility index (Phi) is 8.33. The van der Waals surface area contributed by atoms with Gasteiger partial charge in [0.1, 0.15) is 11.3 Å². The zero-order valence-corrected chi connectivity index (χ0v) is 20.5. The molecule has 1 heterocycles. The third kappa shape index (κ3) is 6.59. The van der Waals surface area contributed by atoms with Gasteiger partial charge in [0.15, 0.2) is 5.76 Å². The number of hydrogen-bond acceptors (Lipinski definition) is 4. The van der Waals surface area contributed by atoms with E-state index in [-0.39, 0.29) is 23.9 Å². The second-order valence-corrected chi connectivity index (χ2v) is 10.3. The van der Waals surface area contributed by atoms with Gasteiger partial charge in [-0.1, -0.05) is 48.5 Å². The summed E-state index contributed by atoms with van der Waals surface area (Å²) in [7, 11) is 1.60. The second-order valence-electron chi connectivity index (χ2n) is 10.3. The highest BCUT2D eigenvalue weighted by Crippen LogP contribution is 2.34. The first-order chi connectivity index (χ1) is 14.4. The van der Waals surface area contributed by atoms with E-state index in [4.69, 9.17) is 9.15 Å². The first-order valence-electron chi connectivity index (χ1n) is 11.4. The molecule has 0 radical (unpaired) electrons. The van der Waals surface area contributed by atoms with Gasteiger partial charge in [0, 0.05) is 29.5 Å². The molecular formula is C26H39NO4. The van der Waals surface area contributed by atoms with E-state index in [1.165, 1.54) is 0 Å². The Morgan fingerprint density at radius 2 is 1.61 bits per heavy atom. The van der Waals surface area contributed by atoms with Crippen molar-refractivity contribution < 1.29 is 18.7 Å². The van der Waals surface area contributed by atoms with Gasteiger partial charge in [-0.25, -0.2) is 0 Å². The smallest absolute Gasteiger partial charge is 0.227 e. The van der Waals surface area contributed by atoms with Crippen LogP contribution in [0.4, 0.5) is 0 Å². The van der Waals surface area contributed by atoms with Crippen molar-refractivity contribution in [2.24, 2.45) is 17.3 Å². The SMILES string of the molecule is COc1ccc2oc(C(=O)C(C)(C)C)c(CC(=O)N(CCC(C)C)CCC(C)C)c2c1. The summed E-state index contributed by atoms with van der Waals surface area (Å²) in [5.41, 5.74) is 0.662. The number of carbonyl (C=O) groups excluding carboxylic acids is 2. The molecule has 0 N–H and O–H groups in total. The monoisotopic (exact) mass is 429 g/mol. The van der Waals surface area contributed by atoms with Crippen molar-refractivity contribution in [3.8, 4) is 5.75 Å². The summed E-state index contributed by atoms with van der Waals surface area (Å²) in [6.45, 7) is 15.7. The van der Waals surface area contributed by atoms with E-state index in [0.29, 0.717) is 28.7 Å². The fourth-order valence-electron chi connectivity index (χ4n) is 3.41. The molecule has 5 nitrogen and oxygen atoms in total. The van der Waals surface area contributed by atoms with Crippen molar-refractivity contribution in [2.45, 2.75) is 67.7 Å². The molecule has 0 spiro atoms. The van der Waals surface area contributed by atoms with Crippen LogP contribution in [0.5, 0.6) is 5.75 Å². The maximum Gasteiger partial charge on any atom is 0.227 e. The van der Waals surface area contributed by atoms with Crippen LogP contribution in [0, 0.1) is 17.3 Å². The molecule has 0 saturated carbocycles. The number of carbonyl (C=O) groups is 2. The van der Waals surface area contributed by atoms with E-state index < -0.39 is 5.41 Å². The zero-order chi connectivity index (χ0) is 23.3. The molecule has 0 saturated heterocycles. The first kappa shape index (κ1) is 25.0. The number of methoxy groups -OCH3 is 1. The number of furan rings is 1. The predicted molar refractivity (Wildman–Crippen MR) is 126 cm³/mol. The van der Waals surface area contributed by atoms with Crippen LogP contribution in [0.25, 0.3) is 11.0 Å². The van der Waals surface area contributed by atoms with Gasteiger partial charge in [-0.3, -0.25) is 9.59 Å². The van der Waals surface area contributed by atoms with Gasteiger partial charge in [0.05, 0.1) is 13.5 Å². The maximum atomic E-state index is 13.4. The Bertz CT molecular complexity index is 890. The number of nitrogens with zero attached hydrogens (tertiary/aromatic N) is 1. The number of fused-ring (bicyclic) bond motifs is 1. The summed E-state index contributed by atoms with van der Waals surface area (Å²) in [6.07, 6.45) is 2.06. The Morgan fingerprint density at radius 1 is 1.03 bits per heavy atom. The van der Waals surface area contributed by atoms with Crippen LogP contribution in [-0.4, -0.2) is 36.8 Å². The molecule has 1 amide bonds. The van der Waals surface area contributed by atoms with E-state index in [1.54, 1.807) is 19.2 Å². The molecular weight excluding hydrogens is 390 g/mol. The van der Waals surface area contributed by atoms with E-state index in [2.05, 4.69) is 27.7 Å². The van der Waals surface area contributed by atoms with Crippen LogP contribution in [0.3, 0.4) is 0 Å². The average molecular weight is 430 g/mol. The lowest BCUT2D eigenvalue weighted by Crippen LogP contribution is -2.35. The summed E-state index contributed by atoms with van der Waals surface area (Å²) in [5, 5.41) is 0.771. The third-order valence-electron chi connectivity index (χ3n) is 5.52. The van der Waals surface area contributed by atoms with Crippen LogP contribution in [0.2, 0.25) is 0 Å². The Labute approximate surface area is 187 Å².